The Hall–Kier alpha value is -4.07. The van der Waals surface area contributed by atoms with Crippen molar-refractivity contribution in [1.29, 1.82) is 0 Å². The number of carbonyl (C=O) groups is 2. The SMILES string of the molecule is COc1ccc2c(c1C=CCC1CCN(C(=O)OC(C)(C)C)CC1)OC(=Cc1n[nH]c3ccccc13)C2=O. The monoisotopic (exact) mass is 515 g/mol. The Kier molecular flexibility index (Phi) is 6.97. The predicted molar refractivity (Wildman–Crippen MR) is 146 cm³/mol. The van der Waals surface area contributed by atoms with Gasteiger partial charge < -0.3 is 19.1 Å². The number of aromatic nitrogens is 2. The molecule has 2 aromatic carbocycles. The zero-order chi connectivity index (χ0) is 26.9. The van der Waals surface area contributed by atoms with Crippen molar-refractivity contribution in [3.8, 4) is 11.5 Å². The number of hydrogen-bond donors (Lipinski definition) is 1. The fourth-order valence-corrected chi connectivity index (χ4v) is 4.87. The van der Waals surface area contributed by atoms with Crippen LogP contribution >= 0.6 is 0 Å². The number of amides is 1. The summed E-state index contributed by atoms with van der Waals surface area (Å²) in [5.41, 5.74) is 2.29. The Morgan fingerprint density at radius 1 is 1.18 bits per heavy atom. The van der Waals surface area contributed by atoms with Crippen LogP contribution in [0.3, 0.4) is 0 Å². The first-order chi connectivity index (χ1) is 18.2. The molecule has 8 nitrogen and oxygen atoms in total. The van der Waals surface area contributed by atoms with Crippen molar-refractivity contribution in [2.24, 2.45) is 5.92 Å². The number of fused-ring (bicyclic) bond motifs is 2. The number of benzene rings is 2. The number of H-pyrrole nitrogens is 1. The highest BCUT2D eigenvalue weighted by molar-refractivity contribution is 6.15. The molecule has 3 aromatic rings. The lowest BCUT2D eigenvalue weighted by Crippen LogP contribution is -2.41. The van der Waals surface area contributed by atoms with Crippen molar-refractivity contribution in [3.05, 3.63) is 65.1 Å². The van der Waals surface area contributed by atoms with Gasteiger partial charge in [0.15, 0.2) is 5.76 Å². The first-order valence-electron chi connectivity index (χ1n) is 13.0. The molecule has 0 saturated carbocycles. The Balaban J connectivity index is 1.29. The number of Topliss-reactive ketones (excluding diaryl/α,β-unsaturated/α-hetero) is 1. The number of nitrogens with zero attached hydrogens (tertiary/aromatic N) is 2. The highest BCUT2D eigenvalue weighted by Crippen LogP contribution is 2.41. The van der Waals surface area contributed by atoms with Crippen LogP contribution in [-0.4, -0.2) is 52.8 Å². The quantitative estimate of drug-likeness (QED) is 0.405. The molecule has 1 N–H and O–H groups in total. The van der Waals surface area contributed by atoms with Crippen molar-refractivity contribution in [2.45, 2.75) is 45.6 Å². The van der Waals surface area contributed by atoms with E-state index in [1.54, 1.807) is 30.2 Å². The minimum Gasteiger partial charge on any atom is -0.496 e. The molecule has 2 aliphatic heterocycles. The standard InChI is InChI=1S/C30H33N3O5/c1-30(2,3)38-29(35)33-16-14-19(15-17-33)8-7-10-21-25(36-4)13-12-22-27(34)26(37-28(21)22)18-24-20-9-5-6-11-23(20)31-32-24/h5-7,9-13,18-19H,8,14-17H2,1-4H3,(H,31,32). The Labute approximate surface area is 222 Å². The summed E-state index contributed by atoms with van der Waals surface area (Å²) in [5.74, 6) is 1.64. The second-order valence-electron chi connectivity index (χ2n) is 10.7. The molecule has 8 heteroatoms. The van der Waals surface area contributed by atoms with Crippen molar-refractivity contribution >= 4 is 34.9 Å². The van der Waals surface area contributed by atoms with E-state index in [0.717, 1.165) is 35.7 Å². The summed E-state index contributed by atoms with van der Waals surface area (Å²) >= 11 is 0. The Morgan fingerprint density at radius 2 is 1.95 bits per heavy atom. The van der Waals surface area contributed by atoms with Crippen molar-refractivity contribution in [2.75, 3.05) is 20.2 Å². The normalized spacial score (nSPS) is 17.3. The molecular formula is C30H33N3O5. The molecule has 1 aromatic heterocycles. The molecule has 0 radical (unpaired) electrons. The van der Waals surface area contributed by atoms with E-state index in [1.165, 1.54) is 0 Å². The molecule has 0 bridgehead atoms. The fourth-order valence-electron chi connectivity index (χ4n) is 4.87. The average Bonchev–Trinajstić information content (AvgIpc) is 3.44. The van der Waals surface area contributed by atoms with E-state index in [9.17, 15) is 9.59 Å². The van der Waals surface area contributed by atoms with Crippen LogP contribution in [-0.2, 0) is 4.74 Å². The molecule has 0 spiro atoms. The van der Waals surface area contributed by atoms with E-state index < -0.39 is 5.60 Å². The number of rotatable bonds is 5. The van der Waals surface area contributed by atoms with Gasteiger partial charge in [-0.05, 0) is 64.2 Å². The molecule has 198 valence electrons. The molecular weight excluding hydrogens is 482 g/mol. The van der Waals surface area contributed by atoms with Gasteiger partial charge in [0.05, 0.1) is 29.4 Å². The van der Waals surface area contributed by atoms with E-state index in [2.05, 4.69) is 16.3 Å². The van der Waals surface area contributed by atoms with E-state index in [1.807, 2.05) is 51.1 Å². The van der Waals surface area contributed by atoms with Crippen LogP contribution in [0, 0.1) is 5.92 Å². The summed E-state index contributed by atoms with van der Waals surface area (Å²) in [7, 11) is 1.61. The van der Waals surface area contributed by atoms with Gasteiger partial charge in [0.25, 0.3) is 0 Å². The third-order valence-corrected chi connectivity index (χ3v) is 6.84. The van der Waals surface area contributed by atoms with E-state index >= 15 is 0 Å². The van der Waals surface area contributed by atoms with Gasteiger partial charge in [-0.15, -0.1) is 0 Å². The molecule has 38 heavy (non-hydrogen) atoms. The van der Waals surface area contributed by atoms with E-state index in [-0.39, 0.29) is 17.6 Å². The van der Waals surface area contributed by atoms with Gasteiger partial charge in [0.1, 0.15) is 17.1 Å². The van der Waals surface area contributed by atoms with E-state index in [0.29, 0.717) is 41.8 Å². The maximum absolute atomic E-state index is 13.2. The summed E-state index contributed by atoms with van der Waals surface area (Å²) in [4.78, 5) is 27.3. The van der Waals surface area contributed by atoms with Crippen LogP contribution in [0.15, 0.2) is 48.2 Å². The van der Waals surface area contributed by atoms with Crippen LogP contribution in [0.25, 0.3) is 23.1 Å². The maximum atomic E-state index is 13.2. The number of likely N-dealkylation sites (tertiary alicyclic amines) is 1. The van der Waals surface area contributed by atoms with Crippen molar-refractivity contribution in [1.82, 2.24) is 15.1 Å². The van der Waals surface area contributed by atoms with Crippen LogP contribution in [0.2, 0.25) is 0 Å². The number of hydrogen-bond acceptors (Lipinski definition) is 6. The zero-order valence-corrected chi connectivity index (χ0v) is 22.2. The van der Waals surface area contributed by atoms with Gasteiger partial charge in [-0.2, -0.15) is 5.10 Å². The number of carbonyl (C=O) groups excluding carboxylic acids is 2. The summed E-state index contributed by atoms with van der Waals surface area (Å²) in [6, 6.07) is 11.3. The summed E-state index contributed by atoms with van der Waals surface area (Å²) in [6.07, 6.45) is 8.18. The molecule has 1 fully saturated rings. The molecule has 3 heterocycles. The number of nitrogens with one attached hydrogen (secondary N) is 1. The molecule has 5 rings (SSSR count). The van der Waals surface area contributed by atoms with Crippen LogP contribution in [0.4, 0.5) is 4.79 Å². The first kappa shape index (κ1) is 25.6. The van der Waals surface area contributed by atoms with Gasteiger partial charge in [-0.25, -0.2) is 4.79 Å². The number of ether oxygens (including phenoxy) is 3. The van der Waals surface area contributed by atoms with Gasteiger partial charge in [-0.1, -0.05) is 30.4 Å². The smallest absolute Gasteiger partial charge is 0.410 e. The van der Waals surface area contributed by atoms with Gasteiger partial charge >= 0.3 is 6.09 Å². The molecule has 2 aliphatic rings. The van der Waals surface area contributed by atoms with Gasteiger partial charge in [-0.3, -0.25) is 9.89 Å². The topological polar surface area (TPSA) is 93.8 Å². The minimum absolute atomic E-state index is 0.182. The third kappa shape index (κ3) is 5.30. The highest BCUT2D eigenvalue weighted by Gasteiger charge is 2.31. The number of ketones is 1. The second kappa shape index (κ2) is 10.4. The number of piperidine rings is 1. The Morgan fingerprint density at radius 3 is 2.68 bits per heavy atom. The largest absolute Gasteiger partial charge is 0.496 e. The highest BCUT2D eigenvalue weighted by atomic mass is 16.6. The fraction of sp³-hybridized carbons (Fsp3) is 0.367. The third-order valence-electron chi connectivity index (χ3n) is 6.84. The van der Waals surface area contributed by atoms with Crippen LogP contribution < -0.4 is 9.47 Å². The molecule has 1 amide bonds. The minimum atomic E-state index is -0.490. The molecule has 0 aliphatic carbocycles. The number of methoxy groups -OCH3 is 1. The van der Waals surface area contributed by atoms with Crippen LogP contribution in [0.5, 0.6) is 11.5 Å². The number of allylic oxidation sites excluding steroid dienone is 2. The predicted octanol–water partition coefficient (Wildman–Crippen LogP) is 6.24. The second-order valence-corrected chi connectivity index (χ2v) is 10.7. The lowest BCUT2D eigenvalue weighted by molar-refractivity contribution is 0.0185. The molecule has 0 unspecified atom stereocenters. The average molecular weight is 516 g/mol. The van der Waals surface area contributed by atoms with E-state index in [4.69, 9.17) is 14.2 Å². The van der Waals surface area contributed by atoms with Crippen LogP contribution in [0.1, 0.15) is 61.6 Å². The molecule has 1 saturated heterocycles. The summed E-state index contributed by atoms with van der Waals surface area (Å²) < 4.78 is 17.2. The summed E-state index contributed by atoms with van der Waals surface area (Å²) in [6.45, 7) is 7.01. The Bertz CT molecular complexity index is 1420. The van der Waals surface area contributed by atoms with Crippen molar-refractivity contribution in [3.63, 3.8) is 0 Å². The number of para-hydroxylation sites is 1. The summed E-state index contributed by atoms with van der Waals surface area (Å²) in [5, 5.41) is 8.25. The van der Waals surface area contributed by atoms with Gasteiger partial charge in [0, 0.05) is 24.6 Å². The van der Waals surface area contributed by atoms with Crippen molar-refractivity contribution < 1.29 is 23.8 Å². The lowest BCUT2D eigenvalue weighted by Gasteiger charge is -2.33. The first-order valence-corrected chi connectivity index (χ1v) is 13.0. The van der Waals surface area contributed by atoms with Gasteiger partial charge in [0.2, 0.25) is 5.78 Å². The number of aromatic amines is 1. The lowest BCUT2D eigenvalue weighted by atomic mass is 9.93. The molecule has 0 atom stereocenters. The zero-order valence-electron chi connectivity index (χ0n) is 22.2. The maximum Gasteiger partial charge on any atom is 0.410 e.